The molecule has 0 radical (unpaired) electrons. The van der Waals surface area contributed by atoms with E-state index in [0.717, 1.165) is 46.5 Å². The molecule has 2 aliphatic rings. The van der Waals surface area contributed by atoms with E-state index in [1.54, 1.807) is 10.9 Å². The summed E-state index contributed by atoms with van der Waals surface area (Å²) in [7, 11) is 0. The van der Waals surface area contributed by atoms with Crippen molar-refractivity contribution < 1.29 is 9.59 Å². The smallest absolute Gasteiger partial charge is 0.261 e. The Hall–Kier alpha value is -3.67. The van der Waals surface area contributed by atoms with Gasteiger partial charge in [-0.3, -0.25) is 9.59 Å². The number of allylic oxidation sites excluding steroid dienone is 2. The molecule has 1 aliphatic heterocycles. The van der Waals surface area contributed by atoms with Crippen molar-refractivity contribution in [3.63, 3.8) is 0 Å². The minimum Gasteiger partial charge on any atom is -0.343 e. The Morgan fingerprint density at radius 2 is 1.71 bits per heavy atom. The molecule has 0 saturated carbocycles. The van der Waals surface area contributed by atoms with Crippen LogP contribution in [0, 0.1) is 13.8 Å². The SMILES string of the molecule is Cc1ccc(NC(=O)c2cnn3c2NC2=C(C(=O)CCC2)C3c2ccc(C)cc2)cc1. The van der Waals surface area contributed by atoms with E-state index >= 15 is 0 Å². The Morgan fingerprint density at radius 3 is 2.42 bits per heavy atom. The number of carbonyl (C=O) groups is 2. The van der Waals surface area contributed by atoms with E-state index in [1.165, 1.54) is 0 Å². The second-order valence-electron chi connectivity index (χ2n) is 8.28. The van der Waals surface area contributed by atoms with Crippen LogP contribution in [0.3, 0.4) is 0 Å². The third-order valence-corrected chi connectivity index (χ3v) is 5.99. The molecule has 31 heavy (non-hydrogen) atoms. The molecule has 2 heterocycles. The molecule has 6 heteroatoms. The molecule has 1 aliphatic carbocycles. The number of aryl methyl sites for hydroxylation is 2. The van der Waals surface area contributed by atoms with Crippen LogP contribution in [-0.2, 0) is 4.79 Å². The molecule has 6 nitrogen and oxygen atoms in total. The minimum absolute atomic E-state index is 0.145. The number of ketones is 1. The lowest BCUT2D eigenvalue weighted by Crippen LogP contribution is -2.32. The summed E-state index contributed by atoms with van der Waals surface area (Å²) in [4.78, 5) is 25.9. The van der Waals surface area contributed by atoms with Crippen LogP contribution in [0.4, 0.5) is 11.5 Å². The van der Waals surface area contributed by atoms with Gasteiger partial charge in [-0.15, -0.1) is 0 Å². The Bertz CT molecular complexity index is 1200. The normalized spacial score (nSPS) is 17.6. The van der Waals surface area contributed by atoms with Crippen LogP contribution < -0.4 is 10.6 Å². The number of fused-ring (bicyclic) bond motifs is 1. The number of rotatable bonds is 3. The average molecular weight is 412 g/mol. The van der Waals surface area contributed by atoms with Crippen molar-refractivity contribution in [3.8, 4) is 0 Å². The Kier molecular flexibility index (Phi) is 4.70. The van der Waals surface area contributed by atoms with Gasteiger partial charge in [0, 0.05) is 23.4 Å². The molecule has 1 atom stereocenters. The number of nitrogens with zero attached hydrogens (tertiary/aromatic N) is 2. The van der Waals surface area contributed by atoms with Crippen LogP contribution in [-0.4, -0.2) is 21.5 Å². The van der Waals surface area contributed by atoms with Crippen LogP contribution in [0.25, 0.3) is 0 Å². The van der Waals surface area contributed by atoms with E-state index in [9.17, 15) is 9.59 Å². The number of amides is 1. The molecule has 1 unspecified atom stereocenters. The number of benzene rings is 2. The molecule has 0 bridgehead atoms. The van der Waals surface area contributed by atoms with E-state index in [4.69, 9.17) is 0 Å². The third kappa shape index (κ3) is 3.44. The predicted octanol–water partition coefficient (Wildman–Crippen LogP) is 4.77. The Balaban J connectivity index is 1.56. The van der Waals surface area contributed by atoms with Crippen LogP contribution in [0.1, 0.15) is 52.4 Å². The quantitative estimate of drug-likeness (QED) is 0.649. The summed E-state index contributed by atoms with van der Waals surface area (Å²) >= 11 is 0. The maximum absolute atomic E-state index is 13.1. The van der Waals surface area contributed by atoms with Crippen molar-refractivity contribution in [2.75, 3.05) is 10.6 Å². The molecule has 5 rings (SSSR count). The Morgan fingerprint density at radius 1 is 1.03 bits per heavy atom. The van der Waals surface area contributed by atoms with Crippen LogP contribution >= 0.6 is 0 Å². The van der Waals surface area contributed by atoms with Crippen molar-refractivity contribution in [1.82, 2.24) is 9.78 Å². The lowest BCUT2D eigenvalue weighted by Gasteiger charge is -2.33. The maximum atomic E-state index is 13.1. The summed E-state index contributed by atoms with van der Waals surface area (Å²) < 4.78 is 1.77. The highest BCUT2D eigenvalue weighted by molar-refractivity contribution is 6.08. The first-order chi connectivity index (χ1) is 15.0. The maximum Gasteiger partial charge on any atom is 0.261 e. The van der Waals surface area contributed by atoms with Crippen molar-refractivity contribution >= 4 is 23.2 Å². The number of aromatic nitrogens is 2. The fraction of sp³-hybridized carbons (Fsp3) is 0.240. The second kappa shape index (κ2) is 7.54. The van der Waals surface area contributed by atoms with E-state index in [0.29, 0.717) is 17.8 Å². The standard InChI is InChI=1S/C25H24N4O2/c1-15-6-10-17(11-7-15)23-22-20(4-3-5-21(22)30)28-24-19(14-26-29(23)24)25(31)27-18-12-8-16(2)9-13-18/h6-14,23,28H,3-5H2,1-2H3,(H,27,31). The number of Topliss-reactive ketones (excluding diaryl/α,β-unsaturated/α-hetero) is 1. The summed E-state index contributed by atoms with van der Waals surface area (Å²) in [5.74, 6) is 0.543. The number of hydrogen-bond donors (Lipinski definition) is 2. The summed E-state index contributed by atoms with van der Waals surface area (Å²) in [6, 6.07) is 15.5. The summed E-state index contributed by atoms with van der Waals surface area (Å²) in [5, 5.41) is 10.9. The summed E-state index contributed by atoms with van der Waals surface area (Å²) in [6.45, 7) is 4.04. The molecule has 2 aromatic carbocycles. The highest BCUT2D eigenvalue weighted by atomic mass is 16.1. The lowest BCUT2D eigenvalue weighted by molar-refractivity contribution is -0.116. The van der Waals surface area contributed by atoms with Crippen LogP contribution in [0.5, 0.6) is 0 Å². The fourth-order valence-corrected chi connectivity index (χ4v) is 4.32. The van der Waals surface area contributed by atoms with Crippen LogP contribution in [0.15, 0.2) is 66.0 Å². The number of hydrogen-bond acceptors (Lipinski definition) is 4. The second-order valence-corrected chi connectivity index (χ2v) is 8.28. The topological polar surface area (TPSA) is 76.0 Å². The fourth-order valence-electron chi connectivity index (χ4n) is 4.32. The monoisotopic (exact) mass is 412 g/mol. The third-order valence-electron chi connectivity index (χ3n) is 5.99. The molecular weight excluding hydrogens is 388 g/mol. The van der Waals surface area contributed by atoms with E-state index < -0.39 is 0 Å². The zero-order valence-corrected chi connectivity index (χ0v) is 17.6. The summed E-state index contributed by atoms with van der Waals surface area (Å²) in [5.41, 5.74) is 6.13. The first-order valence-electron chi connectivity index (χ1n) is 10.6. The predicted molar refractivity (Wildman–Crippen MR) is 120 cm³/mol. The van der Waals surface area contributed by atoms with E-state index in [2.05, 4.69) is 15.7 Å². The molecule has 0 spiro atoms. The zero-order chi connectivity index (χ0) is 21.5. The minimum atomic E-state index is -0.333. The van der Waals surface area contributed by atoms with Gasteiger partial charge in [-0.05, 0) is 44.4 Å². The van der Waals surface area contributed by atoms with Crippen molar-refractivity contribution in [3.05, 3.63) is 88.3 Å². The highest BCUT2D eigenvalue weighted by Crippen LogP contribution is 2.41. The molecule has 2 N–H and O–H groups in total. The van der Waals surface area contributed by atoms with Gasteiger partial charge in [0.2, 0.25) is 0 Å². The molecule has 156 valence electrons. The van der Waals surface area contributed by atoms with Gasteiger partial charge in [0.05, 0.1) is 6.20 Å². The Labute approximate surface area is 181 Å². The first kappa shape index (κ1) is 19.3. The van der Waals surface area contributed by atoms with Gasteiger partial charge in [0.25, 0.3) is 5.91 Å². The van der Waals surface area contributed by atoms with Gasteiger partial charge in [-0.2, -0.15) is 5.10 Å². The average Bonchev–Trinajstić information content (AvgIpc) is 3.18. The van der Waals surface area contributed by atoms with Crippen molar-refractivity contribution in [2.45, 2.75) is 39.2 Å². The zero-order valence-electron chi connectivity index (χ0n) is 17.6. The molecule has 0 fully saturated rings. The molecular formula is C25H24N4O2. The lowest BCUT2D eigenvalue weighted by atomic mass is 9.85. The highest BCUT2D eigenvalue weighted by Gasteiger charge is 2.37. The van der Waals surface area contributed by atoms with E-state index in [1.807, 2.05) is 62.4 Å². The molecule has 0 saturated heterocycles. The molecule has 1 amide bonds. The van der Waals surface area contributed by atoms with Gasteiger partial charge in [-0.25, -0.2) is 4.68 Å². The van der Waals surface area contributed by atoms with E-state index in [-0.39, 0.29) is 17.7 Å². The number of nitrogens with one attached hydrogen (secondary N) is 2. The van der Waals surface area contributed by atoms with Crippen LogP contribution in [0.2, 0.25) is 0 Å². The van der Waals surface area contributed by atoms with Crippen molar-refractivity contribution in [1.29, 1.82) is 0 Å². The van der Waals surface area contributed by atoms with Gasteiger partial charge >= 0.3 is 0 Å². The number of carbonyl (C=O) groups excluding carboxylic acids is 2. The summed E-state index contributed by atoms with van der Waals surface area (Å²) in [6.07, 6.45) is 3.72. The number of anilines is 2. The van der Waals surface area contributed by atoms with Gasteiger partial charge in [0.15, 0.2) is 5.78 Å². The molecule has 3 aromatic rings. The van der Waals surface area contributed by atoms with Gasteiger partial charge in [-0.1, -0.05) is 47.5 Å². The van der Waals surface area contributed by atoms with Crippen molar-refractivity contribution in [2.24, 2.45) is 0 Å². The largest absolute Gasteiger partial charge is 0.343 e. The first-order valence-corrected chi connectivity index (χ1v) is 10.6. The van der Waals surface area contributed by atoms with Gasteiger partial charge < -0.3 is 10.6 Å². The van der Waals surface area contributed by atoms with Gasteiger partial charge in [0.1, 0.15) is 17.4 Å². The molecule has 1 aromatic heterocycles.